The van der Waals surface area contributed by atoms with Crippen molar-refractivity contribution in [2.75, 3.05) is 11.4 Å². The van der Waals surface area contributed by atoms with Crippen LogP contribution in [0.5, 0.6) is 0 Å². The topological polar surface area (TPSA) is 46.6 Å². The number of hydrogen-bond acceptors (Lipinski definition) is 4. The minimum Gasteiger partial charge on any atom is -0.352 e. The first-order chi connectivity index (χ1) is 9.24. The Morgan fingerprint density at radius 2 is 2.32 bits per heavy atom. The number of hydrogen-bond donors (Lipinski definition) is 1. The molecule has 0 saturated heterocycles. The van der Waals surface area contributed by atoms with Gasteiger partial charge in [-0.1, -0.05) is 6.92 Å². The summed E-state index contributed by atoms with van der Waals surface area (Å²) < 4.78 is 2.22. The van der Waals surface area contributed by atoms with Gasteiger partial charge in [0.1, 0.15) is 0 Å². The molecule has 0 aliphatic heterocycles. The van der Waals surface area contributed by atoms with Crippen molar-refractivity contribution in [1.29, 1.82) is 0 Å². The van der Waals surface area contributed by atoms with Crippen LogP contribution in [0.25, 0.3) is 4.96 Å². The van der Waals surface area contributed by atoms with Gasteiger partial charge in [0.25, 0.3) is 0 Å². The predicted molar refractivity (Wildman–Crippen MR) is 81.1 cm³/mol. The number of thiazole rings is 1. The molecule has 5 heteroatoms. The van der Waals surface area contributed by atoms with Crippen LogP contribution in [0, 0.1) is 0 Å². The lowest BCUT2D eigenvalue weighted by atomic mass is 10.1. The van der Waals surface area contributed by atoms with E-state index >= 15 is 0 Å². The first kappa shape index (κ1) is 12.9. The van der Waals surface area contributed by atoms with Gasteiger partial charge in [-0.2, -0.15) is 0 Å². The van der Waals surface area contributed by atoms with Crippen molar-refractivity contribution in [3.05, 3.63) is 17.3 Å². The van der Waals surface area contributed by atoms with Crippen LogP contribution in [-0.2, 0) is 6.42 Å². The summed E-state index contributed by atoms with van der Waals surface area (Å²) >= 11 is 1.70. The number of rotatable bonds is 6. The quantitative estimate of drug-likeness (QED) is 0.883. The van der Waals surface area contributed by atoms with E-state index in [1.54, 1.807) is 11.3 Å². The summed E-state index contributed by atoms with van der Waals surface area (Å²) in [5.41, 5.74) is 7.46. The summed E-state index contributed by atoms with van der Waals surface area (Å²) in [6, 6.07) is 0.919. The molecule has 2 aromatic heterocycles. The Morgan fingerprint density at radius 3 is 2.95 bits per heavy atom. The van der Waals surface area contributed by atoms with E-state index in [2.05, 4.69) is 34.7 Å². The van der Waals surface area contributed by atoms with E-state index in [-0.39, 0.29) is 6.04 Å². The van der Waals surface area contributed by atoms with Gasteiger partial charge in [-0.05, 0) is 26.2 Å². The van der Waals surface area contributed by atoms with Gasteiger partial charge >= 0.3 is 0 Å². The van der Waals surface area contributed by atoms with Crippen LogP contribution in [0.2, 0.25) is 0 Å². The van der Waals surface area contributed by atoms with E-state index in [1.165, 1.54) is 24.4 Å². The van der Waals surface area contributed by atoms with E-state index in [4.69, 9.17) is 10.7 Å². The van der Waals surface area contributed by atoms with Crippen molar-refractivity contribution in [1.82, 2.24) is 9.38 Å². The van der Waals surface area contributed by atoms with Gasteiger partial charge in [-0.15, -0.1) is 11.3 Å². The average molecular weight is 278 g/mol. The second-order valence-electron chi connectivity index (χ2n) is 5.33. The van der Waals surface area contributed by atoms with E-state index in [0.29, 0.717) is 6.04 Å². The van der Waals surface area contributed by atoms with Crippen LogP contribution < -0.4 is 10.6 Å². The Morgan fingerprint density at radius 1 is 1.53 bits per heavy atom. The summed E-state index contributed by atoms with van der Waals surface area (Å²) in [7, 11) is 0. The van der Waals surface area contributed by atoms with Crippen LogP contribution >= 0.6 is 11.3 Å². The number of aromatic nitrogens is 2. The van der Waals surface area contributed by atoms with Crippen molar-refractivity contribution in [3.8, 4) is 0 Å². The lowest BCUT2D eigenvalue weighted by Crippen LogP contribution is -2.29. The number of anilines is 1. The van der Waals surface area contributed by atoms with Crippen LogP contribution in [0.3, 0.4) is 0 Å². The molecule has 2 heterocycles. The second kappa shape index (κ2) is 5.13. The third kappa shape index (κ3) is 2.37. The van der Waals surface area contributed by atoms with E-state index in [1.807, 2.05) is 0 Å². The molecule has 0 radical (unpaired) electrons. The van der Waals surface area contributed by atoms with Crippen molar-refractivity contribution in [3.63, 3.8) is 0 Å². The summed E-state index contributed by atoms with van der Waals surface area (Å²) in [6.07, 6.45) is 6.64. The molecule has 2 N–H and O–H groups in total. The highest BCUT2D eigenvalue weighted by molar-refractivity contribution is 7.15. The molecular weight excluding hydrogens is 256 g/mol. The average Bonchev–Trinajstić information content (AvgIpc) is 3.04. The normalized spacial score (nSPS) is 17.0. The van der Waals surface area contributed by atoms with Gasteiger partial charge in [0.05, 0.1) is 5.69 Å². The van der Waals surface area contributed by atoms with Crippen LogP contribution in [0.1, 0.15) is 38.8 Å². The summed E-state index contributed by atoms with van der Waals surface area (Å²) in [5, 5.41) is 2.10. The predicted octanol–water partition coefficient (Wildman–Crippen LogP) is 2.66. The maximum absolute atomic E-state index is 6.17. The smallest absolute Gasteiger partial charge is 0.195 e. The van der Waals surface area contributed by atoms with Crippen LogP contribution in [0.4, 0.5) is 5.82 Å². The van der Waals surface area contributed by atoms with Crippen molar-refractivity contribution < 1.29 is 0 Å². The van der Waals surface area contributed by atoms with Gasteiger partial charge in [0, 0.05) is 36.6 Å². The maximum atomic E-state index is 6.17. The molecule has 2 aromatic rings. The monoisotopic (exact) mass is 278 g/mol. The fourth-order valence-electron chi connectivity index (χ4n) is 2.60. The fraction of sp³-hybridized carbons (Fsp3) is 0.643. The van der Waals surface area contributed by atoms with Crippen molar-refractivity contribution in [2.24, 2.45) is 5.73 Å². The van der Waals surface area contributed by atoms with Crippen molar-refractivity contribution in [2.45, 2.75) is 51.6 Å². The molecule has 19 heavy (non-hydrogen) atoms. The largest absolute Gasteiger partial charge is 0.352 e. The Bertz CT molecular complexity index is 555. The molecule has 3 rings (SSSR count). The van der Waals surface area contributed by atoms with Gasteiger partial charge in [-0.25, -0.2) is 4.98 Å². The zero-order valence-electron chi connectivity index (χ0n) is 11.7. The van der Waals surface area contributed by atoms with Gasteiger partial charge in [-0.3, -0.25) is 4.40 Å². The number of fused-ring (bicyclic) bond motifs is 1. The van der Waals surface area contributed by atoms with Gasteiger partial charge in [0.2, 0.25) is 0 Å². The molecule has 0 aromatic carbocycles. The Balaban J connectivity index is 2.01. The lowest BCUT2D eigenvalue weighted by Gasteiger charge is -2.22. The minimum atomic E-state index is 0.219. The third-order valence-corrected chi connectivity index (χ3v) is 4.68. The summed E-state index contributed by atoms with van der Waals surface area (Å²) in [6.45, 7) is 5.40. The highest BCUT2D eigenvalue weighted by Crippen LogP contribution is 2.34. The molecule has 0 bridgehead atoms. The molecule has 1 aliphatic rings. The lowest BCUT2D eigenvalue weighted by molar-refractivity contribution is 0.631. The second-order valence-corrected chi connectivity index (χ2v) is 6.20. The first-order valence-corrected chi connectivity index (χ1v) is 8.09. The molecule has 1 atom stereocenters. The molecule has 0 spiro atoms. The number of imidazole rings is 1. The third-order valence-electron chi connectivity index (χ3n) is 3.92. The highest BCUT2D eigenvalue weighted by Gasteiger charge is 2.32. The molecule has 1 unspecified atom stereocenters. The Kier molecular flexibility index (Phi) is 3.50. The summed E-state index contributed by atoms with van der Waals surface area (Å²) in [5.74, 6) is 1.17. The molecule has 1 fully saturated rings. The molecule has 4 nitrogen and oxygen atoms in total. The van der Waals surface area contributed by atoms with E-state index in [0.717, 1.165) is 24.3 Å². The number of nitrogens with two attached hydrogens (primary N) is 1. The number of nitrogens with zero attached hydrogens (tertiary/aromatic N) is 3. The Labute approximate surface area is 118 Å². The van der Waals surface area contributed by atoms with E-state index < -0.39 is 0 Å². The van der Waals surface area contributed by atoms with Crippen LogP contribution in [-0.4, -0.2) is 28.0 Å². The SMILES string of the molecule is CCC(N)Cc1c(N(CC)C2CC2)nc2sccn12. The maximum Gasteiger partial charge on any atom is 0.195 e. The molecule has 0 amide bonds. The van der Waals surface area contributed by atoms with Gasteiger partial charge in [0.15, 0.2) is 10.8 Å². The molecule has 1 aliphatic carbocycles. The van der Waals surface area contributed by atoms with Gasteiger partial charge < -0.3 is 10.6 Å². The fourth-order valence-corrected chi connectivity index (χ4v) is 3.33. The summed E-state index contributed by atoms with van der Waals surface area (Å²) in [4.78, 5) is 8.39. The minimum absolute atomic E-state index is 0.219. The first-order valence-electron chi connectivity index (χ1n) is 7.21. The zero-order valence-corrected chi connectivity index (χ0v) is 12.5. The Hall–Kier alpha value is -1.07. The highest BCUT2D eigenvalue weighted by atomic mass is 32.1. The van der Waals surface area contributed by atoms with Crippen LogP contribution in [0.15, 0.2) is 11.6 Å². The molecular formula is C14H22N4S. The standard InChI is InChI=1S/C14H22N4S/c1-3-10(15)9-12-13(17(4-2)11-5-6-11)16-14-18(12)7-8-19-14/h7-8,10-11H,3-6,9,15H2,1-2H3. The molecule has 104 valence electrons. The van der Waals surface area contributed by atoms with E-state index in [9.17, 15) is 0 Å². The molecule has 1 saturated carbocycles. The zero-order chi connectivity index (χ0) is 13.4. The van der Waals surface area contributed by atoms with Crippen molar-refractivity contribution >= 4 is 22.1 Å².